The van der Waals surface area contributed by atoms with Crippen LogP contribution < -0.4 is 0 Å². The Bertz CT molecular complexity index is 752. The maximum absolute atomic E-state index is 13.7. The third-order valence-corrected chi connectivity index (χ3v) is 4.01. The van der Waals surface area contributed by atoms with Crippen LogP contribution in [0.15, 0.2) is 52.4 Å². The van der Waals surface area contributed by atoms with Crippen molar-refractivity contribution in [2.75, 3.05) is 0 Å². The Kier molecular flexibility index (Phi) is 3.44. The van der Waals surface area contributed by atoms with Gasteiger partial charge >= 0.3 is 0 Å². The molecule has 3 aromatic rings. The van der Waals surface area contributed by atoms with Gasteiger partial charge in [-0.3, -0.25) is 4.40 Å². The van der Waals surface area contributed by atoms with Crippen LogP contribution in [-0.4, -0.2) is 14.6 Å². The lowest BCUT2D eigenvalue weighted by Gasteiger charge is -2.06. The molecule has 3 nitrogen and oxygen atoms in total. The molecule has 20 heavy (non-hydrogen) atoms. The van der Waals surface area contributed by atoms with Gasteiger partial charge in [0, 0.05) is 21.9 Å². The molecule has 2 aromatic heterocycles. The smallest absolute Gasteiger partial charge is 0.160 e. The van der Waals surface area contributed by atoms with Gasteiger partial charge in [-0.2, -0.15) is 0 Å². The first-order valence-corrected chi connectivity index (χ1v) is 7.24. The van der Waals surface area contributed by atoms with Crippen molar-refractivity contribution in [2.45, 2.75) is 29.6 Å². The summed E-state index contributed by atoms with van der Waals surface area (Å²) in [5.74, 6) is 1.00. The highest BCUT2D eigenvalue weighted by molar-refractivity contribution is 7.99. The van der Waals surface area contributed by atoms with Crippen LogP contribution in [-0.2, 0) is 0 Å². The fourth-order valence-corrected chi connectivity index (χ4v) is 2.86. The number of benzene rings is 1. The predicted octanol–water partition coefficient (Wildman–Crippen LogP) is 4.14. The summed E-state index contributed by atoms with van der Waals surface area (Å²) in [4.78, 5) is 1.58. The van der Waals surface area contributed by atoms with E-state index in [4.69, 9.17) is 0 Å². The first-order chi connectivity index (χ1) is 9.65. The van der Waals surface area contributed by atoms with Crippen LogP contribution >= 0.6 is 11.8 Å². The SMILES string of the molecule is CC(C)c1nnc2ccc(Sc3ccccc3F)cn12. The van der Waals surface area contributed by atoms with Crippen LogP contribution in [0.25, 0.3) is 5.65 Å². The van der Waals surface area contributed by atoms with Gasteiger partial charge in [-0.25, -0.2) is 4.39 Å². The summed E-state index contributed by atoms with van der Waals surface area (Å²) < 4.78 is 15.7. The van der Waals surface area contributed by atoms with E-state index in [9.17, 15) is 4.39 Å². The highest BCUT2D eigenvalue weighted by atomic mass is 32.2. The van der Waals surface area contributed by atoms with Gasteiger partial charge in [0.1, 0.15) is 11.6 Å². The minimum absolute atomic E-state index is 0.203. The van der Waals surface area contributed by atoms with Gasteiger partial charge in [-0.15, -0.1) is 10.2 Å². The molecule has 0 bridgehead atoms. The van der Waals surface area contributed by atoms with Gasteiger partial charge in [0.15, 0.2) is 5.65 Å². The number of hydrogen-bond acceptors (Lipinski definition) is 3. The lowest BCUT2D eigenvalue weighted by atomic mass is 10.2. The second-order valence-corrected chi connectivity index (χ2v) is 5.95. The Morgan fingerprint density at radius 2 is 1.90 bits per heavy atom. The summed E-state index contributed by atoms with van der Waals surface area (Å²) in [6.07, 6.45) is 1.96. The van der Waals surface area contributed by atoms with Crippen molar-refractivity contribution >= 4 is 17.4 Å². The summed E-state index contributed by atoms with van der Waals surface area (Å²) in [7, 11) is 0. The molecule has 0 unspecified atom stereocenters. The van der Waals surface area contributed by atoms with Crippen LogP contribution in [0.1, 0.15) is 25.6 Å². The molecule has 0 saturated heterocycles. The van der Waals surface area contributed by atoms with E-state index in [1.54, 1.807) is 12.1 Å². The van der Waals surface area contributed by atoms with Gasteiger partial charge in [-0.05, 0) is 24.3 Å². The van der Waals surface area contributed by atoms with E-state index < -0.39 is 0 Å². The largest absolute Gasteiger partial charge is 0.285 e. The van der Waals surface area contributed by atoms with Crippen molar-refractivity contribution in [3.8, 4) is 0 Å². The molecular formula is C15H14FN3S. The Morgan fingerprint density at radius 1 is 1.10 bits per heavy atom. The van der Waals surface area contributed by atoms with Gasteiger partial charge in [-0.1, -0.05) is 37.7 Å². The second kappa shape index (κ2) is 5.25. The lowest BCUT2D eigenvalue weighted by molar-refractivity contribution is 0.602. The average Bonchev–Trinajstić information content (AvgIpc) is 2.84. The minimum atomic E-state index is -0.203. The molecule has 5 heteroatoms. The maximum Gasteiger partial charge on any atom is 0.160 e. The average molecular weight is 287 g/mol. The van der Waals surface area contributed by atoms with E-state index in [1.807, 2.05) is 28.8 Å². The van der Waals surface area contributed by atoms with E-state index in [2.05, 4.69) is 24.0 Å². The molecule has 0 radical (unpaired) electrons. The lowest BCUT2D eigenvalue weighted by Crippen LogP contribution is -1.96. The predicted molar refractivity (Wildman–Crippen MR) is 77.6 cm³/mol. The van der Waals surface area contributed by atoms with Crippen molar-refractivity contribution in [1.29, 1.82) is 0 Å². The Balaban J connectivity index is 2.00. The molecule has 0 N–H and O–H groups in total. The number of nitrogens with zero attached hydrogens (tertiary/aromatic N) is 3. The number of halogens is 1. The highest BCUT2D eigenvalue weighted by Crippen LogP contribution is 2.30. The molecule has 0 atom stereocenters. The number of hydrogen-bond donors (Lipinski definition) is 0. The van der Waals surface area contributed by atoms with E-state index >= 15 is 0 Å². The Hall–Kier alpha value is -1.88. The van der Waals surface area contributed by atoms with Crippen LogP contribution in [0.3, 0.4) is 0 Å². The summed E-state index contributed by atoms with van der Waals surface area (Å²) >= 11 is 1.40. The van der Waals surface area contributed by atoms with Crippen molar-refractivity contribution in [2.24, 2.45) is 0 Å². The molecule has 2 heterocycles. The molecule has 0 aliphatic heterocycles. The fourth-order valence-electron chi connectivity index (χ4n) is 2.00. The molecule has 0 saturated carbocycles. The fraction of sp³-hybridized carbons (Fsp3) is 0.200. The zero-order valence-electron chi connectivity index (χ0n) is 11.2. The first kappa shape index (κ1) is 13.1. The van der Waals surface area contributed by atoms with Crippen molar-refractivity contribution in [1.82, 2.24) is 14.6 Å². The molecule has 1 aromatic carbocycles. The number of fused-ring (bicyclic) bond motifs is 1. The number of pyridine rings is 1. The van der Waals surface area contributed by atoms with Crippen molar-refractivity contribution in [3.63, 3.8) is 0 Å². The van der Waals surface area contributed by atoms with Gasteiger partial charge in [0.2, 0.25) is 0 Å². The molecule has 0 aliphatic carbocycles. The van der Waals surface area contributed by atoms with Gasteiger partial charge in [0.05, 0.1) is 0 Å². The first-order valence-electron chi connectivity index (χ1n) is 6.42. The van der Waals surface area contributed by atoms with Crippen LogP contribution in [0, 0.1) is 5.82 Å². The zero-order valence-corrected chi connectivity index (χ0v) is 12.1. The standard InChI is InChI=1S/C15H14FN3S/c1-10(2)15-18-17-14-8-7-11(9-19(14)15)20-13-6-4-3-5-12(13)16/h3-10H,1-2H3. The van der Waals surface area contributed by atoms with Crippen LogP contribution in [0.2, 0.25) is 0 Å². The van der Waals surface area contributed by atoms with Crippen LogP contribution in [0.5, 0.6) is 0 Å². The van der Waals surface area contributed by atoms with E-state index in [-0.39, 0.29) is 5.82 Å². The highest BCUT2D eigenvalue weighted by Gasteiger charge is 2.10. The second-order valence-electron chi connectivity index (χ2n) is 4.84. The molecule has 0 aliphatic rings. The molecule has 102 valence electrons. The number of aromatic nitrogens is 3. The molecule has 0 spiro atoms. The quantitative estimate of drug-likeness (QED) is 0.725. The van der Waals surface area contributed by atoms with Crippen molar-refractivity contribution in [3.05, 3.63) is 54.2 Å². The third-order valence-electron chi connectivity index (χ3n) is 2.98. The third kappa shape index (κ3) is 2.41. The summed E-state index contributed by atoms with van der Waals surface area (Å²) in [5.41, 5.74) is 0.812. The van der Waals surface area contributed by atoms with E-state index in [0.717, 1.165) is 16.4 Å². The molecular weight excluding hydrogens is 273 g/mol. The van der Waals surface area contributed by atoms with Gasteiger partial charge in [0.25, 0.3) is 0 Å². The Morgan fingerprint density at radius 3 is 2.65 bits per heavy atom. The van der Waals surface area contributed by atoms with Crippen LogP contribution in [0.4, 0.5) is 4.39 Å². The zero-order chi connectivity index (χ0) is 14.1. The minimum Gasteiger partial charge on any atom is -0.285 e. The number of rotatable bonds is 3. The topological polar surface area (TPSA) is 30.2 Å². The van der Waals surface area contributed by atoms with Crippen molar-refractivity contribution < 1.29 is 4.39 Å². The summed E-state index contributed by atoms with van der Waals surface area (Å²) in [6, 6.07) is 10.6. The maximum atomic E-state index is 13.7. The Labute approximate surface area is 120 Å². The van der Waals surface area contributed by atoms with E-state index in [0.29, 0.717) is 10.8 Å². The van der Waals surface area contributed by atoms with E-state index in [1.165, 1.54) is 17.8 Å². The molecule has 0 amide bonds. The molecule has 3 rings (SSSR count). The van der Waals surface area contributed by atoms with Gasteiger partial charge < -0.3 is 0 Å². The molecule has 0 fully saturated rings. The summed E-state index contributed by atoms with van der Waals surface area (Å²) in [5, 5.41) is 8.33. The monoisotopic (exact) mass is 287 g/mol. The normalized spacial score (nSPS) is 11.4. The summed E-state index contributed by atoms with van der Waals surface area (Å²) in [6.45, 7) is 4.15.